The lowest BCUT2D eigenvalue weighted by molar-refractivity contribution is -0.137. The van der Waals surface area contributed by atoms with Crippen LogP contribution in [0.25, 0.3) is 0 Å². The summed E-state index contributed by atoms with van der Waals surface area (Å²) in [7, 11) is -3.68. The van der Waals surface area contributed by atoms with Gasteiger partial charge in [-0.3, -0.25) is 4.18 Å². The number of nitrogens with one attached hydrogen (secondary N) is 1. The smallest absolute Gasteiger partial charge is 0.416 e. The molecule has 0 aromatic heterocycles. The molecule has 29 heavy (non-hydrogen) atoms. The van der Waals surface area contributed by atoms with Crippen LogP contribution in [-0.2, 0) is 25.2 Å². The van der Waals surface area contributed by atoms with Gasteiger partial charge in [-0.05, 0) is 57.7 Å². The highest BCUT2D eigenvalue weighted by Gasteiger charge is 2.36. The van der Waals surface area contributed by atoms with E-state index in [2.05, 4.69) is 5.32 Å². The Kier molecular flexibility index (Phi) is 6.89. The number of benzene rings is 1. The third-order valence-electron chi connectivity index (χ3n) is 4.48. The predicted octanol–water partition coefficient (Wildman–Crippen LogP) is 4.21. The highest BCUT2D eigenvalue weighted by Crippen LogP contribution is 2.37. The van der Waals surface area contributed by atoms with Crippen LogP contribution in [0.1, 0.15) is 57.1 Å². The Morgan fingerprint density at radius 1 is 1.10 bits per heavy atom. The average molecular weight is 437 g/mol. The molecule has 1 aliphatic carbocycles. The van der Waals surface area contributed by atoms with Gasteiger partial charge in [0, 0.05) is 12.0 Å². The minimum absolute atomic E-state index is 0.235. The molecule has 1 amide bonds. The number of carbonyl (C=O) groups excluding carboxylic acids is 1. The summed E-state index contributed by atoms with van der Waals surface area (Å²) in [6.07, 6.45) is -3.75. The van der Waals surface area contributed by atoms with Crippen LogP contribution < -0.4 is 5.32 Å². The van der Waals surface area contributed by atoms with Crippen molar-refractivity contribution in [1.82, 2.24) is 5.32 Å². The summed E-state index contributed by atoms with van der Waals surface area (Å²) in [6.45, 7) is 5.16. The van der Waals surface area contributed by atoms with Gasteiger partial charge in [-0.1, -0.05) is 12.1 Å². The predicted molar refractivity (Wildman–Crippen MR) is 101 cm³/mol. The molecule has 1 saturated carbocycles. The van der Waals surface area contributed by atoms with Gasteiger partial charge in [0.2, 0.25) is 0 Å². The molecule has 0 saturated heterocycles. The largest absolute Gasteiger partial charge is 0.444 e. The van der Waals surface area contributed by atoms with Crippen LogP contribution in [0.5, 0.6) is 0 Å². The summed E-state index contributed by atoms with van der Waals surface area (Å²) in [5, 5.41) is 2.76. The molecule has 1 N–H and O–H groups in total. The van der Waals surface area contributed by atoms with Crippen molar-refractivity contribution in [2.45, 2.75) is 69.9 Å². The number of amides is 1. The number of halogens is 3. The Hall–Kier alpha value is -1.81. The van der Waals surface area contributed by atoms with Gasteiger partial charge in [0.25, 0.3) is 10.1 Å². The Morgan fingerprint density at radius 2 is 1.69 bits per heavy atom. The SMILES string of the molecule is CC(C)(C)OC(=O)N[C@@H]1CC[C@H](OS(C)(=O)=O)C[C@H]1c1ccc(C(F)(F)F)cc1. The highest BCUT2D eigenvalue weighted by molar-refractivity contribution is 7.86. The molecule has 2 rings (SSSR count). The van der Waals surface area contributed by atoms with Crippen LogP contribution in [0, 0.1) is 0 Å². The van der Waals surface area contributed by atoms with Crippen LogP contribution in [0.15, 0.2) is 24.3 Å². The van der Waals surface area contributed by atoms with Crippen molar-refractivity contribution in [2.24, 2.45) is 0 Å². The fraction of sp³-hybridized carbons (Fsp3) is 0.632. The number of alkyl halides is 3. The number of hydrogen-bond donors (Lipinski definition) is 1. The van der Waals surface area contributed by atoms with Gasteiger partial charge in [-0.2, -0.15) is 21.6 Å². The first kappa shape index (κ1) is 23.5. The van der Waals surface area contributed by atoms with Gasteiger partial charge >= 0.3 is 12.3 Å². The number of rotatable bonds is 4. The average Bonchev–Trinajstić information content (AvgIpc) is 2.52. The Morgan fingerprint density at radius 3 is 2.17 bits per heavy atom. The van der Waals surface area contributed by atoms with E-state index in [1.165, 1.54) is 12.1 Å². The van der Waals surface area contributed by atoms with Crippen molar-refractivity contribution in [3.8, 4) is 0 Å². The molecule has 0 heterocycles. The summed E-state index contributed by atoms with van der Waals surface area (Å²) >= 11 is 0. The third-order valence-corrected chi connectivity index (χ3v) is 5.10. The molecule has 6 nitrogen and oxygen atoms in total. The minimum atomic E-state index is -4.46. The second-order valence-corrected chi connectivity index (χ2v) is 9.82. The maximum atomic E-state index is 12.9. The molecule has 164 valence electrons. The number of carbonyl (C=O) groups is 1. The van der Waals surface area contributed by atoms with E-state index in [-0.39, 0.29) is 6.42 Å². The Labute approximate surface area is 168 Å². The second kappa shape index (κ2) is 8.51. The van der Waals surface area contributed by atoms with E-state index in [4.69, 9.17) is 8.92 Å². The Balaban J connectivity index is 2.24. The zero-order valence-corrected chi connectivity index (χ0v) is 17.6. The van der Waals surface area contributed by atoms with Crippen molar-refractivity contribution >= 4 is 16.2 Å². The summed E-state index contributed by atoms with van der Waals surface area (Å²) < 4.78 is 71.9. The zero-order chi connectivity index (χ0) is 22.0. The molecule has 10 heteroatoms. The van der Waals surface area contributed by atoms with E-state index in [1.54, 1.807) is 20.8 Å². The molecule has 1 aromatic carbocycles. The van der Waals surface area contributed by atoms with Crippen molar-refractivity contribution < 1.29 is 35.3 Å². The molecule has 1 aromatic rings. The summed E-state index contributed by atoms with van der Waals surface area (Å²) in [5.41, 5.74) is -0.927. The molecule has 0 spiro atoms. The molecule has 0 aliphatic heterocycles. The summed E-state index contributed by atoms with van der Waals surface area (Å²) in [6, 6.07) is 4.21. The molecule has 0 radical (unpaired) electrons. The van der Waals surface area contributed by atoms with E-state index in [0.717, 1.165) is 18.4 Å². The van der Waals surface area contributed by atoms with E-state index >= 15 is 0 Å². The molecule has 1 aliphatic rings. The first-order valence-electron chi connectivity index (χ1n) is 9.19. The van der Waals surface area contributed by atoms with Crippen LogP contribution in [-0.4, -0.2) is 38.5 Å². The highest BCUT2D eigenvalue weighted by atomic mass is 32.2. The van der Waals surface area contributed by atoms with Gasteiger partial charge in [-0.15, -0.1) is 0 Å². The first-order chi connectivity index (χ1) is 13.1. The lowest BCUT2D eigenvalue weighted by Crippen LogP contribution is -2.46. The second-order valence-electron chi connectivity index (χ2n) is 8.21. The van der Waals surface area contributed by atoms with Gasteiger partial charge in [0.15, 0.2) is 0 Å². The lowest BCUT2D eigenvalue weighted by atomic mass is 9.78. The van der Waals surface area contributed by atoms with Crippen molar-refractivity contribution in [3.63, 3.8) is 0 Å². The monoisotopic (exact) mass is 437 g/mol. The van der Waals surface area contributed by atoms with E-state index in [1.807, 2.05) is 0 Å². The van der Waals surface area contributed by atoms with Crippen LogP contribution in [0.3, 0.4) is 0 Å². The Bertz CT molecular complexity index is 816. The van der Waals surface area contributed by atoms with Crippen molar-refractivity contribution in [1.29, 1.82) is 0 Å². The van der Waals surface area contributed by atoms with Crippen LogP contribution >= 0.6 is 0 Å². The van der Waals surface area contributed by atoms with Gasteiger partial charge in [0.1, 0.15) is 5.60 Å². The standard InChI is InChI=1S/C19H26F3NO5S/c1-18(2,3)27-17(24)23-16-10-9-14(28-29(4,25)26)11-15(16)12-5-7-13(8-6-12)19(20,21)22/h5-8,14-16H,9-11H2,1-4H3,(H,23,24)/t14-,15-,16+/m0/s1. The molecule has 3 atom stereocenters. The zero-order valence-electron chi connectivity index (χ0n) is 16.7. The van der Waals surface area contributed by atoms with Crippen molar-refractivity contribution in [2.75, 3.05) is 6.26 Å². The van der Waals surface area contributed by atoms with Gasteiger partial charge in [0.05, 0.1) is 17.9 Å². The fourth-order valence-corrected chi connectivity index (χ4v) is 4.06. The van der Waals surface area contributed by atoms with E-state index in [0.29, 0.717) is 18.4 Å². The third kappa shape index (κ3) is 7.50. The summed E-state index contributed by atoms with van der Waals surface area (Å²) in [5.74, 6) is -0.426. The molecular formula is C19H26F3NO5S. The number of hydrogen-bond acceptors (Lipinski definition) is 5. The van der Waals surface area contributed by atoms with Gasteiger partial charge < -0.3 is 10.1 Å². The number of alkyl carbamates (subject to hydrolysis) is 1. The first-order valence-corrected chi connectivity index (χ1v) is 11.0. The number of ether oxygens (including phenoxy) is 1. The maximum absolute atomic E-state index is 12.9. The van der Waals surface area contributed by atoms with E-state index < -0.39 is 51.6 Å². The summed E-state index contributed by atoms with van der Waals surface area (Å²) in [4.78, 5) is 12.2. The quantitative estimate of drug-likeness (QED) is 0.714. The van der Waals surface area contributed by atoms with E-state index in [9.17, 15) is 26.4 Å². The molecular weight excluding hydrogens is 411 g/mol. The maximum Gasteiger partial charge on any atom is 0.416 e. The van der Waals surface area contributed by atoms with Crippen LogP contribution in [0.2, 0.25) is 0 Å². The minimum Gasteiger partial charge on any atom is -0.444 e. The molecule has 0 unspecified atom stereocenters. The topological polar surface area (TPSA) is 81.7 Å². The van der Waals surface area contributed by atoms with Gasteiger partial charge in [-0.25, -0.2) is 4.79 Å². The molecule has 0 bridgehead atoms. The fourth-order valence-electron chi connectivity index (χ4n) is 3.39. The lowest BCUT2D eigenvalue weighted by Gasteiger charge is -2.36. The van der Waals surface area contributed by atoms with Crippen LogP contribution in [0.4, 0.5) is 18.0 Å². The molecule has 1 fully saturated rings. The normalized spacial score (nSPS) is 23.5. The van der Waals surface area contributed by atoms with Crippen molar-refractivity contribution in [3.05, 3.63) is 35.4 Å².